The van der Waals surface area contributed by atoms with E-state index in [0.717, 1.165) is 41.7 Å². The molecule has 0 spiro atoms. The van der Waals surface area contributed by atoms with Gasteiger partial charge in [0.25, 0.3) is 0 Å². The average molecular weight is 489 g/mol. The van der Waals surface area contributed by atoms with Gasteiger partial charge in [0.2, 0.25) is 12.8 Å². The van der Waals surface area contributed by atoms with E-state index in [1.54, 1.807) is 6.20 Å². The van der Waals surface area contributed by atoms with Gasteiger partial charge >= 0.3 is 0 Å². The summed E-state index contributed by atoms with van der Waals surface area (Å²) in [6.45, 7) is 9.02. The van der Waals surface area contributed by atoms with Crippen molar-refractivity contribution in [1.82, 2.24) is 5.32 Å². The lowest BCUT2D eigenvalue weighted by atomic mass is 9.91. The topological polar surface area (TPSA) is 77.3 Å². The lowest BCUT2D eigenvalue weighted by molar-refractivity contribution is -0.119. The number of amidine groups is 1. The Morgan fingerprint density at radius 3 is 2.54 bits per heavy atom. The summed E-state index contributed by atoms with van der Waals surface area (Å²) in [6, 6.07) is 8.48. The van der Waals surface area contributed by atoms with Crippen LogP contribution in [-0.4, -0.2) is 30.4 Å². The summed E-state index contributed by atoms with van der Waals surface area (Å²) >= 11 is 0. The number of carbonyl (C=O) groups excluding carboxylic acids is 1. The van der Waals surface area contributed by atoms with Gasteiger partial charge in [-0.3, -0.25) is 10.2 Å². The van der Waals surface area contributed by atoms with Crippen LogP contribution < -0.4 is 10.6 Å². The van der Waals surface area contributed by atoms with Crippen molar-refractivity contribution < 1.29 is 13.6 Å². The predicted molar refractivity (Wildman–Crippen MR) is 144 cm³/mol. The van der Waals surface area contributed by atoms with Gasteiger partial charge in [-0.25, -0.2) is 13.8 Å². The molecule has 35 heavy (non-hydrogen) atoms. The number of nitrogens with one attached hydrogen (secondary N) is 3. The van der Waals surface area contributed by atoms with E-state index >= 15 is 0 Å². The second-order valence-electron chi connectivity index (χ2n) is 8.72. The number of halogens is 2. The van der Waals surface area contributed by atoms with Crippen molar-refractivity contribution in [3.8, 4) is 0 Å². The average Bonchev–Trinajstić information content (AvgIpc) is 2.86. The summed E-state index contributed by atoms with van der Waals surface area (Å²) in [4.78, 5) is 16.4. The highest BCUT2D eigenvalue weighted by molar-refractivity contribution is 6.20. The summed E-state index contributed by atoms with van der Waals surface area (Å²) in [5.41, 5.74) is 4.17. The van der Waals surface area contributed by atoms with Crippen LogP contribution in [0.25, 0.3) is 0 Å². The number of para-hydroxylation sites is 1. The number of amides is 1. The Morgan fingerprint density at radius 2 is 1.91 bits per heavy atom. The zero-order valence-electron chi connectivity index (χ0n) is 21.9. The van der Waals surface area contributed by atoms with Gasteiger partial charge in [-0.15, -0.1) is 0 Å². The van der Waals surface area contributed by atoms with Crippen LogP contribution in [0.2, 0.25) is 0 Å². The molecule has 0 saturated carbocycles. The van der Waals surface area contributed by atoms with Crippen LogP contribution in [0.3, 0.4) is 0 Å². The van der Waals surface area contributed by atoms with E-state index in [1.807, 2.05) is 38.1 Å². The third-order valence-corrected chi connectivity index (χ3v) is 6.25. The minimum atomic E-state index is -1.75. The Kier molecular flexibility index (Phi) is 14.4. The molecule has 1 aromatic carbocycles. The number of aliphatic imine (C=N–C) groups is 1. The molecule has 2 unspecified atom stereocenters. The summed E-state index contributed by atoms with van der Waals surface area (Å²) in [5.74, 6) is 1.10. The summed E-state index contributed by atoms with van der Waals surface area (Å²) in [6.07, 6.45) is 10.2. The van der Waals surface area contributed by atoms with Crippen LogP contribution in [0.15, 0.2) is 52.7 Å². The monoisotopic (exact) mass is 488 g/mol. The molecule has 1 heterocycles. The minimum Gasteiger partial charge on any atom is -0.381 e. The van der Waals surface area contributed by atoms with Crippen LogP contribution in [0.5, 0.6) is 0 Å². The van der Waals surface area contributed by atoms with Crippen LogP contribution >= 0.6 is 0 Å². The molecule has 2 atom stereocenters. The number of hydrogen-bond donors (Lipinski definition) is 3. The Bertz CT molecular complexity index is 908. The van der Waals surface area contributed by atoms with Crippen LogP contribution in [0, 0.1) is 11.3 Å². The van der Waals surface area contributed by atoms with E-state index in [-0.39, 0.29) is 5.91 Å². The third-order valence-electron chi connectivity index (χ3n) is 6.25. The van der Waals surface area contributed by atoms with Gasteiger partial charge in [-0.2, -0.15) is 0 Å². The first-order valence-corrected chi connectivity index (χ1v) is 12.6. The molecule has 0 aliphatic carbocycles. The van der Waals surface area contributed by atoms with E-state index in [2.05, 4.69) is 42.5 Å². The Hall–Kier alpha value is -2.83. The fourth-order valence-electron chi connectivity index (χ4n) is 3.92. The van der Waals surface area contributed by atoms with Crippen molar-refractivity contribution in [2.24, 2.45) is 10.9 Å². The number of alkyl halides is 2. The molecule has 1 aromatic rings. The fourth-order valence-corrected chi connectivity index (χ4v) is 3.92. The number of carbonyl (C=O) groups is 1. The Labute approximate surface area is 209 Å². The van der Waals surface area contributed by atoms with Crippen LogP contribution in [0.4, 0.5) is 14.5 Å². The fraction of sp³-hybridized carbons (Fsp3) is 0.536. The van der Waals surface area contributed by atoms with Crippen molar-refractivity contribution in [3.05, 3.63) is 53.3 Å². The maximum Gasteiger partial charge on any atom is 0.229 e. The zero-order chi connectivity index (χ0) is 26.2. The number of unbranched alkanes of at least 4 members (excludes halogenated alkanes) is 1. The summed E-state index contributed by atoms with van der Waals surface area (Å²) in [5, 5.41) is 15.7. The number of piperidine rings is 1. The molecule has 7 heteroatoms. The highest BCUT2D eigenvalue weighted by Gasteiger charge is 2.24. The molecule has 1 aliphatic rings. The van der Waals surface area contributed by atoms with E-state index in [4.69, 9.17) is 5.41 Å². The van der Waals surface area contributed by atoms with E-state index in [0.29, 0.717) is 36.3 Å². The summed E-state index contributed by atoms with van der Waals surface area (Å²) < 4.78 is 19.2. The van der Waals surface area contributed by atoms with E-state index in [9.17, 15) is 13.6 Å². The van der Waals surface area contributed by atoms with Gasteiger partial charge in [0.1, 0.15) is 5.84 Å². The van der Waals surface area contributed by atoms with Crippen LogP contribution in [0.1, 0.15) is 85.1 Å². The molecule has 1 fully saturated rings. The quantitative estimate of drug-likeness (QED) is 0.282. The second-order valence-corrected chi connectivity index (χ2v) is 8.72. The zero-order valence-corrected chi connectivity index (χ0v) is 21.9. The molecular weight excluding hydrogens is 446 g/mol. The Balaban J connectivity index is 0.00000194. The second kappa shape index (κ2) is 16.7. The molecule has 1 amide bonds. The SMILES string of the molecule is CC/C=C/N=C1\NC(=O)CC\C1=C(\C)C(=N)c1ccccc1NC(CCCC)C(C)CC.FCF. The molecular formula is C28H42F2N4O. The molecule has 194 valence electrons. The largest absolute Gasteiger partial charge is 0.381 e. The summed E-state index contributed by atoms with van der Waals surface area (Å²) in [7, 11) is 0. The van der Waals surface area contributed by atoms with E-state index < -0.39 is 6.93 Å². The van der Waals surface area contributed by atoms with Crippen molar-refractivity contribution in [3.63, 3.8) is 0 Å². The highest BCUT2D eigenvalue weighted by Crippen LogP contribution is 2.27. The number of rotatable bonds is 11. The van der Waals surface area contributed by atoms with Gasteiger partial charge in [0.05, 0.1) is 5.71 Å². The number of benzene rings is 1. The number of allylic oxidation sites excluding steroid dienone is 2. The standard InChI is InChI=1S/C27H40N4O.CH2F2/c1-6-9-14-23(19(4)8-3)30-24-15-12-11-13-22(24)26(28)20(5)21-16-17-25(32)31-27(21)29-18-10-7-2;2-1-3/h10-13,15,18-19,23,28,30H,6-9,14,16-17H2,1-5H3,(H,29,31,32);1H2/b18-10+,21-20+,28-26?;. The molecule has 0 aromatic heterocycles. The molecule has 1 aliphatic heterocycles. The van der Waals surface area contributed by atoms with Gasteiger partial charge in [-0.05, 0) is 43.7 Å². The third kappa shape index (κ3) is 9.74. The van der Waals surface area contributed by atoms with Gasteiger partial charge < -0.3 is 10.6 Å². The molecule has 0 bridgehead atoms. The predicted octanol–water partition coefficient (Wildman–Crippen LogP) is 7.50. The smallest absolute Gasteiger partial charge is 0.229 e. The van der Waals surface area contributed by atoms with Crippen molar-refractivity contribution in [1.29, 1.82) is 5.41 Å². The molecule has 2 rings (SSSR count). The minimum absolute atomic E-state index is 0.0221. The first-order chi connectivity index (χ1) is 16.8. The maximum absolute atomic E-state index is 12.0. The van der Waals surface area contributed by atoms with Gasteiger partial charge in [0.15, 0.2) is 0 Å². The first-order valence-electron chi connectivity index (χ1n) is 12.6. The number of nitrogens with zero attached hydrogens (tertiary/aromatic N) is 1. The van der Waals surface area contributed by atoms with Gasteiger partial charge in [0, 0.05) is 35.5 Å². The van der Waals surface area contributed by atoms with Crippen molar-refractivity contribution in [2.45, 2.75) is 85.6 Å². The van der Waals surface area contributed by atoms with Crippen molar-refractivity contribution >= 4 is 23.1 Å². The Morgan fingerprint density at radius 1 is 1.23 bits per heavy atom. The first kappa shape index (κ1) is 30.2. The molecule has 5 nitrogen and oxygen atoms in total. The number of anilines is 1. The molecule has 1 saturated heterocycles. The van der Waals surface area contributed by atoms with Gasteiger partial charge in [-0.1, -0.05) is 71.2 Å². The maximum atomic E-state index is 12.0. The number of hydrogen-bond acceptors (Lipinski definition) is 4. The normalized spacial score (nSPS) is 17.9. The van der Waals surface area contributed by atoms with Crippen molar-refractivity contribution in [2.75, 3.05) is 12.2 Å². The molecule has 3 N–H and O–H groups in total. The lowest BCUT2D eigenvalue weighted by Gasteiger charge is -2.27. The molecule has 0 radical (unpaired) electrons. The van der Waals surface area contributed by atoms with Crippen LogP contribution in [-0.2, 0) is 4.79 Å². The highest BCUT2D eigenvalue weighted by atomic mass is 19.3. The van der Waals surface area contributed by atoms with E-state index in [1.165, 1.54) is 12.8 Å². The lowest BCUT2D eigenvalue weighted by Crippen LogP contribution is -2.37.